The number of fused-ring (bicyclic) bond motifs is 1. The Kier molecular flexibility index (Phi) is 6.42. The van der Waals surface area contributed by atoms with E-state index in [4.69, 9.17) is 11.5 Å². The molecule has 0 aliphatic rings. The third-order valence-electron chi connectivity index (χ3n) is 5.47. The number of nitrogens with one attached hydrogen (secondary N) is 2. The summed E-state index contributed by atoms with van der Waals surface area (Å²) in [7, 11) is 0. The van der Waals surface area contributed by atoms with Crippen molar-refractivity contribution in [3.63, 3.8) is 0 Å². The summed E-state index contributed by atoms with van der Waals surface area (Å²) in [6.45, 7) is 4.43. The van der Waals surface area contributed by atoms with E-state index < -0.39 is 29.6 Å². The molecule has 0 aliphatic carbocycles. The predicted octanol–water partition coefficient (Wildman–Crippen LogP) is 4.07. The monoisotopic (exact) mass is 465 g/mol. The van der Waals surface area contributed by atoms with Gasteiger partial charge in [-0.3, -0.25) is 9.48 Å². The number of primary amides is 1. The van der Waals surface area contributed by atoms with Crippen LogP contribution in [0.5, 0.6) is 0 Å². The van der Waals surface area contributed by atoms with Crippen molar-refractivity contribution in [2.24, 2.45) is 11.5 Å². The van der Waals surface area contributed by atoms with Crippen LogP contribution >= 0.6 is 0 Å². The molecule has 4 aromatic rings. The maximum atomic E-state index is 14.9. The first-order valence-electron chi connectivity index (χ1n) is 10.8. The molecule has 1 amide bonds. The zero-order valence-corrected chi connectivity index (χ0v) is 18.7. The molecule has 0 bridgehead atoms. The van der Waals surface area contributed by atoms with E-state index in [1.807, 2.05) is 23.7 Å². The molecule has 0 saturated heterocycles. The maximum absolute atomic E-state index is 14.9. The maximum Gasteiger partial charge on any atom is 0.252 e. The SMILES string of the molecule is CCn1ncc2cc(Nc3nc(N[C@H](c4cccc(F)c4)[C@H](C)N)c(F)cc3C(N)=O)ccc21. The van der Waals surface area contributed by atoms with Crippen molar-refractivity contribution < 1.29 is 13.6 Å². The third-order valence-corrected chi connectivity index (χ3v) is 5.47. The van der Waals surface area contributed by atoms with Crippen molar-refractivity contribution in [2.75, 3.05) is 10.6 Å². The van der Waals surface area contributed by atoms with Gasteiger partial charge in [-0.15, -0.1) is 0 Å². The Morgan fingerprint density at radius 3 is 2.62 bits per heavy atom. The van der Waals surface area contributed by atoms with Crippen LogP contribution in [0.4, 0.5) is 26.1 Å². The van der Waals surface area contributed by atoms with Gasteiger partial charge >= 0.3 is 0 Å². The van der Waals surface area contributed by atoms with E-state index >= 15 is 0 Å². The molecule has 2 atom stereocenters. The van der Waals surface area contributed by atoms with Crippen molar-refractivity contribution in [3.8, 4) is 0 Å². The fourth-order valence-corrected chi connectivity index (χ4v) is 3.79. The van der Waals surface area contributed by atoms with Gasteiger partial charge in [-0.05, 0) is 55.8 Å². The van der Waals surface area contributed by atoms with E-state index in [1.54, 1.807) is 31.3 Å². The molecule has 6 N–H and O–H groups in total. The second-order valence-corrected chi connectivity index (χ2v) is 7.97. The second kappa shape index (κ2) is 9.44. The van der Waals surface area contributed by atoms with Gasteiger partial charge in [-0.2, -0.15) is 5.10 Å². The highest BCUT2D eigenvalue weighted by Crippen LogP contribution is 2.29. The van der Waals surface area contributed by atoms with Crippen LogP contribution in [0.25, 0.3) is 10.9 Å². The molecule has 10 heteroatoms. The van der Waals surface area contributed by atoms with Gasteiger partial charge in [0.15, 0.2) is 11.6 Å². The van der Waals surface area contributed by atoms with Gasteiger partial charge in [0, 0.05) is 23.7 Å². The number of aryl methyl sites for hydroxylation is 1. The standard InChI is InChI=1S/C24H25F2N7O/c1-3-33-20-8-7-17(10-15(20)12-29-33)30-23-18(22(28)34)11-19(26)24(32-23)31-21(13(2)27)14-5-4-6-16(25)9-14/h4-13,21H,3,27H2,1-2H3,(H2,28,34)(H2,30,31,32)/t13-,21-/m0/s1. The second-order valence-electron chi connectivity index (χ2n) is 7.97. The first-order chi connectivity index (χ1) is 16.3. The molecular formula is C24H25F2N7O. The Hall–Kier alpha value is -4.05. The smallest absolute Gasteiger partial charge is 0.252 e. The largest absolute Gasteiger partial charge is 0.365 e. The lowest BCUT2D eigenvalue weighted by Gasteiger charge is -2.24. The number of hydrogen-bond donors (Lipinski definition) is 4. The van der Waals surface area contributed by atoms with Crippen molar-refractivity contribution in [1.29, 1.82) is 0 Å². The highest BCUT2D eigenvalue weighted by atomic mass is 19.1. The van der Waals surface area contributed by atoms with Crippen LogP contribution in [0.3, 0.4) is 0 Å². The number of amides is 1. The van der Waals surface area contributed by atoms with Gasteiger partial charge in [-0.1, -0.05) is 12.1 Å². The lowest BCUT2D eigenvalue weighted by molar-refractivity contribution is 0.100. The van der Waals surface area contributed by atoms with Gasteiger partial charge in [0.2, 0.25) is 0 Å². The molecule has 2 heterocycles. The fraction of sp³-hybridized carbons (Fsp3) is 0.208. The van der Waals surface area contributed by atoms with E-state index in [9.17, 15) is 13.6 Å². The van der Waals surface area contributed by atoms with E-state index in [1.165, 1.54) is 12.1 Å². The topological polar surface area (TPSA) is 124 Å². The lowest BCUT2D eigenvalue weighted by atomic mass is 10.0. The highest BCUT2D eigenvalue weighted by Gasteiger charge is 2.22. The Morgan fingerprint density at radius 1 is 1.15 bits per heavy atom. The van der Waals surface area contributed by atoms with Gasteiger partial charge in [0.1, 0.15) is 11.6 Å². The lowest BCUT2D eigenvalue weighted by Crippen LogP contribution is -2.31. The van der Waals surface area contributed by atoms with Crippen molar-refractivity contribution in [2.45, 2.75) is 32.5 Å². The highest BCUT2D eigenvalue weighted by molar-refractivity contribution is 5.99. The van der Waals surface area contributed by atoms with Crippen molar-refractivity contribution in [3.05, 3.63) is 77.5 Å². The summed E-state index contributed by atoms with van der Waals surface area (Å²) in [4.78, 5) is 16.3. The van der Waals surface area contributed by atoms with Crippen LogP contribution in [0.15, 0.2) is 54.7 Å². The van der Waals surface area contributed by atoms with Crippen LogP contribution in [0, 0.1) is 11.6 Å². The summed E-state index contributed by atoms with van der Waals surface area (Å²) < 4.78 is 30.5. The van der Waals surface area contributed by atoms with E-state index in [0.717, 1.165) is 23.5 Å². The molecule has 0 radical (unpaired) electrons. The summed E-state index contributed by atoms with van der Waals surface area (Å²) in [5, 5.41) is 11.2. The molecule has 0 saturated carbocycles. The Labute approximate surface area is 195 Å². The van der Waals surface area contributed by atoms with Gasteiger partial charge < -0.3 is 22.1 Å². The van der Waals surface area contributed by atoms with Gasteiger partial charge in [-0.25, -0.2) is 13.8 Å². The molecule has 0 aliphatic heterocycles. The number of rotatable bonds is 8. The number of benzene rings is 2. The number of hydrogen-bond acceptors (Lipinski definition) is 6. The molecule has 0 unspecified atom stereocenters. The molecule has 0 spiro atoms. The summed E-state index contributed by atoms with van der Waals surface area (Å²) in [5.74, 6) is -2.15. The molecule has 4 rings (SSSR count). The number of anilines is 3. The van der Waals surface area contributed by atoms with E-state index in [0.29, 0.717) is 11.3 Å². The molecule has 34 heavy (non-hydrogen) atoms. The summed E-state index contributed by atoms with van der Waals surface area (Å²) >= 11 is 0. The summed E-state index contributed by atoms with van der Waals surface area (Å²) in [6.07, 6.45) is 1.73. The van der Waals surface area contributed by atoms with Gasteiger partial charge in [0.05, 0.1) is 23.3 Å². The molecule has 2 aromatic heterocycles. The molecule has 0 fully saturated rings. The zero-order valence-electron chi connectivity index (χ0n) is 18.7. The number of carbonyl (C=O) groups is 1. The summed E-state index contributed by atoms with van der Waals surface area (Å²) in [5.41, 5.74) is 13.5. The van der Waals surface area contributed by atoms with E-state index in [-0.39, 0.29) is 17.2 Å². The van der Waals surface area contributed by atoms with Crippen LogP contribution in [0.1, 0.15) is 35.8 Å². The number of carbonyl (C=O) groups excluding carboxylic acids is 1. The number of halogens is 2. The Bertz CT molecular complexity index is 1350. The average Bonchev–Trinajstić information content (AvgIpc) is 3.21. The van der Waals surface area contributed by atoms with Crippen molar-refractivity contribution in [1.82, 2.24) is 14.8 Å². The predicted molar refractivity (Wildman–Crippen MR) is 128 cm³/mol. The summed E-state index contributed by atoms with van der Waals surface area (Å²) in [6, 6.07) is 11.3. The normalized spacial score (nSPS) is 13.0. The number of nitrogens with two attached hydrogens (primary N) is 2. The van der Waals surface area contributed by atoms with Crippen LogP contribution in [-0.4, -0.2) is 26.7 Å². The molecule has 2 aromatic carbocycles. The van der Waals surface area contributed by atoms with Crippen molar-refractivity contribution >= 4 is 34.1 Å². The van der Waals surface area contributed by atoms with E-state index in [2.05, 4.69) is 20.7 Å². The molecule has 176 valence electrons. The number of pyridine rings is 1. The van der Waals surface area contributed by atoms with Crippen LogP contribution < -0.4 is 22.1 Å². The minimum atomic E-state index is -0.839. The fourth-order valence-electron chi connectivity index (χ4n) is 3.79. The third kappa shape index (κ3) is 4.67. The average molecular weight is 466 g/mol. The Morgan fingerprint density at radius 2 is 1.94 bits per heavy atom. The number of nitrogens with zero attached hydrogens (tertiary/aromatic N) is 3. The first kappa shape index (κ1) is 23.1. The Balaban J connectivity index is 1.71. The zero-order chi connectivity index (χ0) is 24.4. The van der Waals surface area contributed by atoms with Crippen LogP contribution in [0.2, 0.25) is 0 Å². The molecule has 8 nitrogen and oxygen atoms in total. The molecular weight excluding hydrogens is 440 g/mol. The minimum Gasteiger partial charge on any atom is -0.365 e. The van der Waals surface area contributed by atoms with Crippen LogP contribution in [-0.2, 0) is 6.54 Å². The quantitative estimate of drug-likeness (QED) is 0.311. The number of aromatic nitrogens is 3. The minimum absolute atomic E-state index is 0.0706. The first-order valence-corrected chi connectivity index (χ1v) is 10.8. The van der Waals surface area contributed by atoms with Gasteiger partial charge in [0.25, 0.3) is 5.91 Å².